The van der Waals surface area contributed by atoms with Crippen LogP contribution >= 0.6 is 0 Å². The van der Waals surface area contributed by atoms with Crippen molar-refractivity contribution in [2.45, 2.75) is 159 Å². The summed E-state index contributed by atoms with van der Waals surface area (Å²) in [7, 11) is 1.46. The first-order valence-corrected chi connectivity index (χ1v) is 14.8. The van der Waals surface area contributed by atoms with Crippen molar-refractivity contribution in [2.75, 3.05) is 0 Å². The van der Waals surface area contributed by atoms with Gasteiger partial charge in [-0.05, 0) is 32.1 Å². The average Bonchev–Trinajstić information content (AvgIpc) is 2.84. The molecule has 4 nitrogen and oxygen atoms in total. The van der Waals surface area contributed by atoms with Gasteiger partial charge < -0.3 is 10.6 Å². The SMILES string of the molecule is O=C(BC1CCCCCCC1)NC1CCCCC(NC(=O)BC2CCCCCCC2)CCC1. The summed E-state index contributed by atoms with van der Waals surface area (Å²) in [6.07, 6.45) is 26.0. The lowest BCUT2D eigenvalue weighted by Crippen LogP contribution is -2.39. The van der Waals surface area contributed by atoms with E-state index >= 15 is 0 Å². The topological polar surface area (TPSA) is 58.2 Å². The van der Waals surface area contributed by atoms with Crippen LogP contribution in [-0.2, 0) is 0 Å². The lowest BCUT2D eigenvalue weighted by molar-refractivity contribution is 0.253. The molecule has 0 heterocycles. The van der Waals surface area contributed by atoms with Crippen LogP contribution in [0, 0.1) is 0 Å². The zero-order valence-electron chi connectivity index (χ0n) is 21.4. The Morgan fingerprint density at radius 1 is 0.424 bits per heavy atom. The van der Waals surface area contributed by atoms with Crippen molar-refractivity contribution >= 4 is 26.2 Å². The quantitative estimate of drug-likeness (QED) is 0.431. The second-order valence-electron chi connectivity index (χ2n) is 11.6. The van der Waals surface area contributed by atoms with Crippen molar-refractivity contribution in [3.05, 3.63) is 0 Å². The molecular weight excluding hydrogens is 406 g/mol. The summed E-state index contributed by atoms with van der Waals surface area (Å²) in [5.74, 6) is 1.76. The molecular formula is C27H50B2N2O2. The fourth-order valence-electron chi connectivity index (χ4n) is 6.56. The fourth-order valence-corrected chi connectivity index (χ4v) is 6.56. The van der Waals surface area contributed by atoms with Crippen molar-refractivity contribution in [1.82, 2.24) is 10.6 Å². The molecule has 2 unspecified atom stereocenters. The third-order valence-corrected chi connectivity index (χ3v) is 8.59. The summed E-state index contributed by atoms with van der Waals surface area (Å²) < 4.78 is 0. The summed E-state index contributed by atoms with van der Waals surface area (Å²) >= 11 is 0. The van der Waals surface area contributed by atoms with Crippen molar-refractivity contribution in [3.8, 4) is 0 Å². The van der Waals surface area contributed by atoms with Crippen LogP contribution in [0.5, 0.6) is 0 Å². The van der Waals surface area contributed by atoms with E-state index in [1.54, 1.807) is 0 Å². The van der Waals surface area contributed by atoms with Crippen LogP contribution in [-0.4, -0.2) is 38.3 Å². The molecule has 0 radical (unpaired) electrons. The highest BCUT2D eigenvalue weighted by molar-refractivity contribution is 6.75. The Hall–Kier alpha value is -0.930. The van der Waals surface area contributed by atoms with E-state index in [2.05, 4.69) is 10.6 Å². The van der Waals surface area contributed by atoms with Crippen LogP contribution in [0.15, 0.2) is 0 Å². The van der Waals surface area contributed by atoms with Crippen LogP contribution in [0.1, 0.15) is 135 Å². The van der Waals surface area contributed by atoms with E-state index in [0.717, 1.165) is 59.5 Å². The van der Waals surface area contributed by atoms with E-state index in [0.29, 0.717) is 23.7 Å². The highest BCUT2D eigenvalue weighted by atomic mass is 16.1. The van der Waals surface area contributed by atoms with Gasteiger partial charge in [0.2, 0.25) is 14.6 Å². The maximum atomic E-state index is 12.7. The monoisotopic (exact) mass is 456 g/mol. The zero-order valence-corrected chi connectivity index (χ0v) is 21.4. The number of carbonyl (C=O) groups excluding carboxylic acids is 2. The summed E-state index contributed by atoms with van der Waals surface area (Å²) in [5, 5.41) is 6.78. The average molecular weight is 456 g/mol. The molecule has 33 heavy (non-hydrogen) atoms. The van der Waals surface area contributed by atoms with Gasteiger partial charge in [-0.2, -0.15) is 0 Å². The Labute approximate surface area is 205 Å². The normalized spacial score (nSPS) is 27.3. The molecule has 0 spiro atoms. The maximum Gasteiger partial charge on any atom is 0.237 e. The summed E-state index contributed by atoms with van der Waals surface area (Å²) in [4.78, 5) is 25.5. The molecule has 0 aromatic carbocycles. The van der Waals surface area contributed by atoms with Gasteiger partial charge in [-0.1, -0.05) is 114 Å². The Kier molecular flexibility index (Phi) is 12.8. The summed E-state index contributed by atoms with van der Waals surface area (Å²) in [5.41, 5.74) is 0. The molecule has 186 valence electrons. The van der Waals surface area contributed by atoms with Gasteiger partial charge >= 0.3 is 0 Å². The fraction of sp³-hybridized carbons (Fsp3) is 0.926. The molecule has 0 aromatic heterocycles. The number of carbonyl (C=O) groups is 2. The van der Waals surface area contributed by atoms with Crippen LogP contribution in [0.3, 0.4) is 0 Å². The van der Waals surface area contributed by atoms with Crippen LogP contribution < -0.4 is 10.6 Å². The predicted octanol–water partition coefficient (Wildman–Crippen LogP) is 6.83. The smallest absolute Gasteiger partial charge is 0.237 e. The van der Waals surface area contributed by atoms with Crippen LogP contribution in [0.2, 0.25) is 11.6 Å². The molecule has 0 aromatic rings. The van der Waals surface area contributed by atoms with Crippen molar-refractivity contribution in [1.29, 1.82) is 0 Å². The largest absolute Gasteiger partial charge is 0.362 e. The molecule has 3 aliphatic rings. The van der Waals surface area contributed by atoms with E-state index in [4.69, 9.17) is 0 Å². The molecule has 6 heteroatoms. The molecule has 3 rings (SSSR count). The van der Waals surface area contributed by atoms with E-state index in [1.807, 2.05) is 0 Å². The Morgan fingerprint density at radius 2 is 0.727 bits per heavy atom. The molecule has 2 N–H and O–H groups in total. The highest BCUT2D eigenvalue weighted by Crippen LogP contribution is 2.27. The third kappa shape index (κ3) is 11.4. The lowest BCUT2D eigenvalue weighted by atomic mass is 9.59. The van der Waals surface area contributed by atoms with Gasteiger partial charge in [0.1, 0.15) is 0 Å². The van der Waals surface area contributed by atoms with Gasteiger partial charge in [0, 0.05) is 12.1 Å². The number of rotatable bonds is 6. The Morgan fingerprint density at radius 3 is 1.12 bits per heavy atom. The maximum absolute atomic E-state index is 12.7. The van der Waals surface area contributed by atoms with Crippen LogP contribution in [0.4, 0.5) is 9.59 Å². The minimum absolute atomic E-state index is 0.286. The van der Waals surface area contributed by atoms with Crippen LogP contribution in [0.25, 0.3) is 0 Å². The van der Waals surface area contributed by atoms with Gasteiger partial charge in [0.15, 0.2) is 11.6 Å². The molecule has 0 saturated heterocycles. The van der Waals surface area contributed by atoms with Crippen molar-refractivity contribution in [2.24, 2.45) is 0 Å². The second-order valence-corrected chi connectivity index (χ2v) is 11.6. The van der Waals surface area contributed by atoms with Gasteiger partial charge in [-0.3, -0.25) is 9.59 Å². The van der Waals surface area contributed by atoms with Crippen molar-refractivity contribution < 1.29 is 9.59 Å². The van der Waals surface area contributed by atoms with E-state index in [1.165, 1.54) is 89.9 Å². The molecule has 3 fully saturated rings. The Bertz CT molecular complexity index is 510. The summed E-state index contributed by atoms with van der Waals surface area (Å²) in [6.45, 7) is 0. The minimum Gasteiger partial charge on any atom is -0.362 e. The molecule has 2 atom stereocenters. The zero-order chi connectivity index (χ0) is 23.1. The number of nitrogens with one attached hydrogen (secondary N) is 2. The molecule has 3 aliphatic carbocycles. The number of hydrogen-bond acceptors (Lipinski definition) is 2. The van der Waals surface area contributed by atoms with E-state index in [9.17, 15) is 9.59 Å². The number of amides is 2. The molecule has 2 amide bonds. The van der Waals surface area contributed by atoms with Gasteiger partial charge in [-0.25, -0.2) is 0 Å². The molecule has 0 aliphatic heterocycles. The molecule has 3 saturated carbocycles. The standard InChI is InChI=1S/C27H50B2N2O2/c32-26(28-22-14-7-3-1-4-8-15-22)30-24-18-11-12-19-25(21-13-20-24)31-27(33)29-23-16-9-5-2-6-10-17-23/h22-25,28-29H,1-21H2,(H,30,32)(H,31,33). The van der Waals surface area contributed by atoms with Gasteiger partial charge in [-0.15, -0.1) is 0 Å². The Balaban J connectivity index is 1.35. The predicted molar refractivity (Wildman–Crippen MR) is 143 cm³/mol. The molecule has 0 bridgehead atoms. The minimum atomic E-state index is 0.286. The van der Waals surface area contributed by atoms with E-state index in [-0.39, 0.29) is 11.6 Å². The summed E-state index contributed by atoms with van der Waals surface area (Å²) in [6, 6.07) is 0.658. The first-order valence-electron chi connectivity index (χ1n) is 14.8. The first-order chi connectivity index (χ1) is 16.2. The second kappa shape index (κ2) is 15.9. The van der Waals surface area contributed by atoms with Crippen molar-refractivity contribution in [3.63, 3.8) is 0 Å². The lowest BCUT2D eigenvalue weighted by Gasteiger charge is -2.22. The van der Waals surface area contributed by atoms with Gasteiger partial charge in [0.25, 0.3) is 0 Å². The third-order valence-electron chi connectivity index (χ3n) is 8.59. The van der Waals surface area contributed by atoms with E-state index < -0.39 is 0 Å². The highest BCUT2D eigenvalue weighted by Gasteiger charge is 2.23. The number of hydrogen-bond donors (Lipinski definition) is 2. The first kappa shape index (κ1) is 26.7. The van der Waals surface area contributed by atoms with Gasteiger partial charge in [0.05, 0.1) is 0 Å².